The van der Waals surface area contributed by atoms with E-state index in [1.165, 1.54) is 18.2 Å². The van der Waals surface area contributed by atoms with Crippen LogP contribution in [-0.2, 0) is 29.4 Å². The van der Waals surface area contributed by atoms with Gasteiger partial charge in [-0.05, 0) is 48.8 Å². The Kier molecular flexibility index (Phi) is 5.71. The van der Waals surface area contributed by atoms with Gasteiger partial charge in [-0.15, -0.1) is 0 Å². The molecule has 4 aliphatic rings. The van der Waals surface area contributed by atoms with Gasteiger partial charge in [0.2, 0.25) is 15.9 Å². The molecule has 2 aliphatic carbocycles. The maximum Gasteiger partial charge on any atom is 0.239 e. The van der Waals surface area contributed by atoms with Gasteiger partial charge in [-0.2, -0.15) is 0 Å². The molecule has 1 aromatic rings. The van der Waals surface area contributed by atoms with Gasteiger partial charge in [-0.1, -0.05) is 26.0 Å². The topological polar surface area (TPSA) is 130 Å². The van der Waals surface area contributed by atoms with Gasteiger partial charge in [0.25, 0.3) is 0 Å². The van der Waals surface area contributed by atoms with E-state index in [2.05, 4.69) is 35.7 Å². The van der Waals surface area contributed by atoms with Gasteiger partial charge in [0.05, 0.1) is 28.3 Å². The molecule has 188 valence electrons. The molecule has 1 N–H and O–H groups in total. The molecule has 5 atom stereocenters. The SMILES string of the molecule is CC(C)CCN1C(=O)C(C2=Nc3ccc(NS(C)(=O)=O)cc3S(=O)(=O)C2)C(=O)C2C3C=CC(C3)C21. The average molecular weight is 520 g/mol. The Morgan fingerprint density at radius 1 is 1.17 bits per heavy atom. The summed E-state index contributed by atoms with van der Waals surface area (Å²) in [6.45, 7) is 4.68. The number of allylic oxidation sites excluding steroid dienone is 1. The van der Waals surface area contributed by atoms with Gasteiger partial charge in [-0.3, -0.25) is 19.3 Å². The fourth-order valence-electron chi connectivity index (χ4n) is 5.93. The molecule has 1 aromatic carbocycles. The monoisotopic (exact) mass is 519 g/mol. The van der Waals surface area contributed by atoms with E-state index in [4.69, 9.17) is 0 Å². The summed E-state index contributed by atoms with van der Waals surface area (Å²) < 4.78 is 51.8. The van der Waals surface area contributed by atoms with Crippen LogP contribution in [0.15, 0.2) is 40.2 Å². The van der Waals surface area contributed by atoms with Crippen LogP contribution in [0.1, 0.15) is 26.7 Å². The smallest absolute Gasteiger partial charge is 0.239 e. The van der Waals surface area contributed by atoms with E-state index in [-0.39, 0.29) is 57.5 Å². The van der Waals surface area contributed by atoms with Gasteiger partial charge in [-0.25, -0.2) is 16.8 Å². The number of likely N-dealkylation sites (tertiary alicyclic amines) is 1. The number of hydrogen-bond acceptors (Lipinski definition) is 7. The lowest BCUT2D eigenvalue weighted by Crippen LogP contribution is -2.61. The highest BCUT2D eigenvalue weighted by Crippen LogP contribution is 2.50. The van der Waals surface area contributed by atoms with Crippen molar-refractivity contribution >= 4 is 48.6 Å². The van der Waals surface area contributed by atoms with Crippen molar-refractivity contribution in [1.82, 2.24) is 4.90 Å². The van der Waals surface area contributed by atoms with Crippen LogP contribution in [-0.4, -0.2) is 63.7 Å². The van der Waals surface area contributed by atoms with Gasteiger partial charge < -0.3 is 4.90 Å². The number of sulfonamides is 1. The zero-order valence-corrected chi connectivity index (χ0v) is 21.5. The average Bonchev–Trinajstić information content (AvgIpc) is 3.35. The summed E-state index contributed by atoms with van der Waals surface area (Å²) in [5, 5.41) is 0. The van der Waals surface area contributed by atoms with E-state index in [9.17, 15) is 26.4 Å². The number of sulfone groups is 1. The quantitative estimate of drug-likeness (QED) is 0.453. The third-order valence-electron chi connectivity index (χ3n) is 7.40. The predicted molar refractivity (Wildman–Crippen MR) is 132 cm³/mol. The van der Waals surface area contributed by atoms with Crippen molar-refractivity contribution in [2.75, 3.05) is 23.3 Å². The number of carbonyl (C=O) groups is 2. The first kappa shape index (κ1) is 24.2. The van der Waals surface area contributed by atoms with Crippen LogP contribution in [0.5, 0.6) is 0 Å². The molecular formula is C24H29N3O6S2. The van der Waals surface area contributed by atoms with Crippen LogP contribution in [0.25, 0.3) is 0 Å². The molecule has 1 saturated heterocycles. The molecular weight excluding hydrogens is 490 g/mol. The summed E-state index contributed by atoms with van der Waals surface area (Å²) in [4.78, 5) is 33.6. The maximum absolute atomic E-state index is 13.7. The van der Waals surface area contributed by atoms with E-state index in [1.807, 2.05) is 4.90 Å². The second-order valence-electron chi connectivity index (χ2n) is 10.4. The van der Waals surface area contributed by atoms with Crippen molar-refractivity contribution in [1.29, 1.82) is 0 Å². The normalized spacial score (nSPS) is 30.9. The number of fused-ring (bicyclic) bond motifs is 6. The lowest BCUT2D eigenvalue weighted by atomic mass is 9.74. The lowest BCUT2D eigenvalue weighted by molar-refractivity contribution is -0.151. The van der Waals surface area contributed by atoms with E-state index in [0.29, 0.717) is 12.5 Å². The summed E-state index contributed by atoms with van der Waals surface area (Å²) in [5.74, 6) is -2.10. The zero-order valence-electron chi connectivity index (χ0n) is 19.8. The highest BCUT2D eigenvalue weighted by atomic mass is 32.2. The number of ketones is 1. The summed E-state index contributed by atoms with van der Waals surface area (Å²) in [6, 6.07) is 3.87. The Morgan fingerprint density at radius 2 is 1.89 bits per heavy atom. The molecule has 5 rings (SSSR count). The maximum atomic E-state index is 13.7. The molecule has 5 unspecified atom stereocenters. The molecule has 0 spiro atoms. The number of hydrogen-bond donors (Lipinski definition) is 1. The Balaban J connectivity index is 1.54. The van der Waals surface area contributed by atoms with E-state index in [1.54, 1.807) is 0 Å². The molecule has 2 fully saturated rings. The third-order valence-corrected chi connectivity index (χ3v) is 9.68. The van der Waals surface area contributed by atoms with Gasteiger partial charge in [0.15, 0.2) is 15.6 Å². The number of anilines is 1. The Labute approximate surface area is 205 Å². The van der Waals surface area contributed by atoms with Crippen LogP contribution in [0.3, 0.4) is 0 Å². The van der Waals surface area contributed by atoms with Crippen LogP contribution >= 0.6 is 0 Å². The predicted octanol–water partition coefficient (Wildman–Crippen LogP) is 2.18. The van der Waals surface area contributed by atoms with Crippen molar-refractivity contribution < 1.29 is 26.4 Å². The second kappa shape index (κ2) is 8.26. The largest absolute Gasteiger partial charge is 0.337 e. The summed E-state index contributed by atoms with van der Waals surface area (Å²) in [7, 11) is -7.54. The van der Waals surface area contributed by atoms with Gasteiger partial charge in [0, 0.05) is 24.2 Å². The third kappa shape index (κ3) is 4.22. The van der Waals surface area contributed by atoms with Crippen molar-refractivity contribution in [3.05, 3.63) is 30.4 Å². The van der Waals surface area contributed by atoms with Crippen molar-refractivity contribution in [3.63, 3.8) is 0 Å². The number of amides is 1. The Bertz CT molecular complexity index is 1380. The number of piperidine rings is 1. The minimum absolute atomic E-state index is 0.0519. The molecule has 1 saturated carbocycles. The fraction of sp³-hybridized carbons (Fsp3) is 0.542. The molecule has 2 bridgehead atoms. The van der Waals surface area contributed by atoms with E-state index < -0.39 is 31.5 Å². The molecule has 2 aliphatic heterocycles. The molecule has 1 amide bonds. The molecule has 9 nitrogen and oxygen atoms in total. The number of carbonyl (C=O) groups excluding carboxylic acids is 2. The van der Waals surface area contributed by atoms with Crippen LogP contribution in [0.2, 0.25) is 0 Å². The highest BCUT2D eigenvalue weighted by Gasteiger charge is 2.59. The first-order chi connectivity index (χ1) is 16.4. The number of nitrogens with one attached hydrogen (secondary N) is 1. The Hall–Kier alpha value is -2.53. The van der Waals surface area contributed by atoms with E-state index >= 15 is 0 Å². The standard InChI is InChI=1S/C24H29N3O6S2/c1-13(2)8-9-27-22-15-5-4-14(10-15)20(22)23(28)21(24(27)29)18-12-35(32,33)19-11-16(26-34(3,30)31)6-7-17(19)25-18/h4-7,11,13-15,20-22,26H,8-10,12H2,1-3H3. The summed E-state index contributed by atoms with van der Waals surface area (Å²) in [5.41, 5.74) is 0.264. The van der Waals surface area contributed by atoms with Crippen LogP contribution in [0, 0.1) is 29.6 Å². The molecule has 0 aromatic heterocycles. The van der Waals surface area contributed by atoms with E-state index in [0.717, 1.165) is 19.1 Å². The van der Waals surface area contributed by atoms with Gasteiger partial charge >= 0.3 is 0 Å². The highest BCUT2D eigenvalue weighted by molar-refractivity contribution is 7.92. The first-order valence-corrected chi connectivity index (χ1v) is 15.3. The summed E-state index contributed by atoms with van der Waals surface area (Å²) >= 11 is 0. The van der Waals surface area contributed by atoms with Gasteiger partial charge in [0.1, 0.15) is 5.92 Å². The lowest BCUT2D eigenvalue weighted by Gasteiger charge is -2.44. The zero-order chi connectivity index (χ0) is 25.3. The van der Waals surface area contributed by atoms with Crippen LogP contribution < -0.4 is 4.72 Å². The van der Waals surface area contributed by atoms with Crippen LogP contribution in [0.4, 0.5) is 11.4 Å². The molecule has 35 heavy (non-hydrogen) atoms. The van der Waals surface area contributed by atoms with Crippen molar-refractivity contribution in [3.8, 4) is 0 Å². The number of Topliss-reactive ketones (excluding diaryl/α,β-unsaturated/α-hetero) is 1. The minimum Gasteiger partial charge on any atom is -0.337 e. The second-order valence-corrected chi connectivity index (χ2v) is 14.1. The molecule has 0 radical (unpaired) electrons. The molecule has 11 heteroatoms. The fourth-order valence-corrected chi connectivity index (χ4v) is 8.00. The first-order valence-electron chi connectivity index (χ1n) is 11.8. The molecule has 2 heterocycles. The van der Waals surface area contributed by atoms with Crippen molar-refractivity contribution in [2.45, 2.75) is 37.6 Å². The number of aliphatic imine (C=N–C) groups is 1. The Morgan fingerprint density at radius 3 is 2.57 bits per heavy atom. The number of nitrogens with zero attached hydrogens (tertiary/aromatic N) is 2. The number of rotatable bonds is 6. The number of benzene rings is 1. The minimum atomic E-state index is -3.94. The summed E-state index contributed by atoms with van der Waals surface area (Å²) in [6.07, 6.45) is 6.77. The van der Waals surface area contributed by atoms with Crippen molar-refractivity contribution in [2.24, 2.45) is 34.6 Å².